The normalized spacial score (nSPS) is 16.9. The Labute approximate surface area is 183 Å². The molecule has 1 aliphatic heterocycles. The van der Waals surface area contributed by atoms with E-state index in [0.29, 0.717) is 25.0 Å². The molecule has 1 saturated heterocycles. The summed E-state index contributed by atoms with van der Waals surface area (Å²) in [5, 5.41) is 9.84. The number of benzene rings is 2. The summed E-state index contributed by atoms with van der Waals surface area (Å²) in [5.74, 6) is -4.59. The van der Waals surface area contributed by atoms with Gasteiger partial charge in [-0.2, -0.15) is 4.31 Å². The van der Waals surface area contributed by atoms with Crippen LogP contribution in [-0.2, 0) is 10.0 Å². The molecule has 2 heterocycles. The first kappa shape index (κ1) is 22.3. The molecule has 1 unspecified atom stereocenters. The molecule has 32 heavy (non-hydrogen) atoms. The van der Waals surface area contributed by atoms with Gasteiger partial charge >= 0.3 is 0 Å². The van der Waals surface area contributed by atoms with Gasteiger partial charge in [0.1, 0.15) is 33.2 Å². The minimum Gasteiger partial charge on any atom is -0.317 e. The Morgan fingerprint density at radius 3 is 2.50 bits per heavy atom. The molecule has 1 aromatic heterocycles. The van der Waals surface area contributed by atoms with Gasteiger partial charge in [-0.3, -0.25) is 4.79 Å². The van der Waals surface area contributed by atoms with Gasteiger partial charge in [0.05, 0.1) is 11.7 Å². The first-order valence-corrected chi connectivity index (χ1v) is 11.5. The third-order valence-electron chi connectivity index (χ3n) is 4.78. The predicted molar refractivity (Wildman–Crippen MR) is 106 cm³/mol. The minimum absolute atomic E-state index is 0.0465. The van der Waals surface area contributed by atoms with Crippen LogP contribution in [-0.4, -0.2) is 35.4 Å². The molecular weight excluding hydrogens is 472 g/mol. The van der Waals surface area contributed by atoms with Crippen molar-refractivity contribution in [3.63, 3.8) is 0 Å². The summed E-state index contributed by atoms with van der Waals surface area (Å²) in [5.41, 5.74) is -0.264. The maximum absolute atomic E-state index is 14.1. The molecule has 0 bridgehead atoms. The lowest BCUT2D eigenvalue weighted by atomic mass is 10.2. The van der Waals surface area contributed by atoms with Crippen molar-refractivity contribution in [1.29, 1.82) is 0 Å². The highest BCUT2D eigenvalue weighted by atomic mass is 32.2. The van der Waals surface area contributed by atoms with E-state index in [9.17, 15) is 30.8 Å². The highest BCUT2D eigenvalue weighted by Crippen LogP contribution is 2.38. The highest BCUT2D eigenvalue weighted by Gasteiger charge is 2.39. The Morgan fingerprint density at radius 2 is 1.75 bits per heavy atom. The third-order valence-corrected chi connectivity index (χ3v) is 7.73. The smallest absolute Gasteiger partial charge is 0.286 e. The number of carbonyl (C=O) groups is 1. The lowest BCUT2D eigenvalue weighted by Gasteiger charge is -2.22. The summed E-state index contributed by atoms with van der Waals surface area (Å²) < 4.78 is 81.4. The molecule has 3 aromatic rings. The number of carbonyl (C=O) groups excluding carboxylic acids is 1. The fraction of sp³-hybridized carbons (Fsp3) is 0.211. The quantitative estimate of drug-likeness (QED) is 0.553. The molecule has 0 radical (unpaired) electrons. The van der Waals surface area contributed by atoms with E-state index in [1.807, 2.05) is 0 Å². The summed E-state index contributed by atoms with van der Waals surface area (Å²) in [6.07, 6.45) is 0.766. The van der Waals surface area contributed by atoms with Crippen LogP contribution in [0.4, 0.5) is 23.2 Å². The maximum atomic E-state index is 14.1. The zero-order valence-electron chi connectivity index (χ0n) is 16.1. The molecule has 13 heteroatoms. The second-order valence-corrected chi connectivity index (χ2v) is 9.74. The van der Waals surface area contributed by atoms with Crippen LogP contribution in [0, 0.1) is 23.3 Å². The first-order valence-electron chi connectivity index (χ1n) is 9.23. The fourth-order valence-corrected chi connectivity index (χ4v) is 5.99. The summed E-state index contributed by atoms with van der Waals surface area (Å²) in [6, 6.07) is 3.94. The standard InChI is InChI=1S/C19H14F4N4O3S2/c20-10-4-6-14(13(23)8-10)24-17(28)19-26-25-18(31-19)15-2-1-7-27(15)32(29,30)16-9-11(21)3-5-12(16)22/h3-6,8-9,15H,1-2,7H2,(H,24,28). The van der Waals surface area contributed by atoms with E-state index in [1.54, 1.807) is 0 Å². The van der Waals surface area contributed by atoms with Gasteiger partial charge in [0, 0.05) is 12.6 Å². The molecule has 4 rings (SSSR count). The summed E-state index contributed by atoms with van der Waals surface area (Å²) in [6.45, 7) is 0.0465. The van der Waals surface area contributed by atoms with Gasteiger partial charge in [-0.15, -0.1) is 10.2 Å². The number of nitrogens with zero attached hydrogens (tertiary/aromatic N) is 3. The van der Waals surface area contributed by atoms with E-state index in [-0.39, 0.29) is 22.2 Å². The number of hydrogen-bond donors (Lipinski definition) is 1. The van der Waals surface area contributed by atoms with E-state index in [0.717, 1.165) is 39.9 Å². The van der Waals surface area contributed by atoms with E-state index in [2.05, 4.69) is 15.5 Å². The van der Waals surface area contributed by atoms with Crippen molar-refractivity contribution in [1.82, 2.24) is 14.5 Å². The second-order valence-electron chi connectivity index (χ2n) is 6.87. The molecule has 2 aromatic carbocycles. The summed E-state index contributed by atoms with van der Waals surface area (Å²) >= 11 is 0.784. The zero-order valence-corrected chi connectivity index (χ0v) is 17.7. The molecule has 1 amide bonds. The van der Waals surface area contributed by atoms with Crippen LogP contribution in [0.5, 0.6) is 0 Å². The van der Waals surface area contributed by atoms with Gasteiger partial charge in [0.2, 0.25) is 15.0 Å². The molecule has 1 fully saturated rings. The van der Waals surface area contributed by atoms with Gasteiger partial charge in [-0.1, -0.05) is 11.3 Å². The molecule has 1 atom stereocenters. The summed E-state index contributed by atoms with van der Waals surface area (Å²) in [4.78, 5) is 11.6. The monoisotopic (exact) mass is 486 g/mol. The lowest BCUT2D eigenvalue weighted by Crippen LogP contribution is -2.31. The molecule has 0 aliphatic carbocycles. The molecule has 0 saturated carbocycles. The van der Waals surface area contributed by atoms with Crippen molar-refractivity contribution in [2.45, 2.75) is 23.8 Å². The summed E-state index contributed by atoms with van der Waals surface area (Å²) in [7, 11) is -4.39. The van der Waals surface area contributed by atoms with Crippen LogP contribution < -0.4 is 5.32 Å². The SMILES string of the molecule is O=C(Nc1ccc(F)cc1F)c1nnc(C2CCCN2S(=O)(=O)c2cc(F)ccc2F)s1. The van der Waals surface area contributed by atoms with Crippen molar-refractivity contribution >= 4 is 33.0 Å². The van der Waals surface area contributed by atoms with Crippen molar-refractivity contribution < 1.29 is 30.8 Å². The van der Waals surface area contributed by atoms with Crippen LogP contribution in [0.15, 0.2) is 41.3 Å². The van der Waals surface area contributed by atoms with Gasteiger partial charge in [-0.05, 0) is 43.2 Å². The number of aromatic nitrogens is 2. The largest absolute Gasteiger partial charge is 0.317 e. The van der Waals surface area contributed by atoms with E-state index in [4.69, 9.17) is 0 Å². The topological polar surface area (TPSA) is 92.3 Å². The van der Waals surface area contributed by atoms with Crippen LogP contribution >= 0.6 is 11.3 Å². The number of nitrogens with one attached hydrogen (secondary N) is 1. The van der Waals surface area contributed by atoms with Crippen LogP contribution in [0.1, 0.15) is 33.7 Å². The van der Waals surface area contributed by atoms with E-state index in [1.165, 1.54) is 0 Å². The molecule has 1 aliphatic rings. The van der Waals surface area contributed by atoms with E-state index >= 15 is 0 Å². The Bertz CT molecular complexity index is 1300. The molecule has 1 N–H and O–H groups in total. The Balaban J connectivity index is 1.58. The third kappa shape index (κ3) is 4.23. The Hall–Kier alpha value is -2.90. The fourth-order valence-electron chi connectivity index (χ4n) is 3.30. The molecule has 7 nitrogen and oxygen atoms in total. The van der Waals surface area contributed by atoms with Crippen LogP contribution in [0.3, 0.4) is 0 Å². The van der Waals surface area contributed by atoms with Crippen molar-refractivity contribution in [3.8, 4) is 0 Å². The number of rotatable bonds is 5. The number of anilines is 1. The number of halogens is 4. The highest BCUT2D eigenvalue weighted by molar-refractivity contribution is 7.89. The Morgan fingerprint density at radius 1 is 1.03 bits per heavy atom. The van der Waals surface area contributed by atoms with Crippen molar-refractivity contribution in [2.75, 3.05) is 11.9 Å². The number of hydrogen-bond acceptors (Lipinski definition) is 6. The van der Waals surface area contributed by atoms with Gasteiger partial charge in [-0.25, -0.2) is 26.0 Å². The first-order chi connectivity index (χ1) is 15.2. The van der Waals surface area contributed by atoms with Crippen LogP contribution in [0.25, 0.3) is 0 Å². The average molecular weight is 486 g/mol. The van der Waals surface area contributed by atoms with Gasteiger partial charge in [0.15, 0.2) is 0 Å². The maximum Gasteiger partial charge on any atom is 0.286 e. The van der Waals surface area contributed by atoms with E-state index < -0.39 is 50.1 Å². The van der Waals surface area contributed by atoms with Gasteiger partial charge < -0.3 is 5.32 Å². The second kappa shape index (κ2) is 8.56. The number of amides is 1. The zero-order chi connectivity index (χ0) is 23.0. The predicted octanol–water partition coefficient (Wildman–Crippen LogP) is 3.87. The van der Waals surface area contributed by atoms with Crippen LogP contribution in [0.2, 0.25) is 0 Å². The van der Waals surface area contributed by atoms with Crippen molar-refractivity contribution in [3.05, 3.63) is 69.7 Å². The van der Waals surface area contributed by atoms with Crippen molar-refractivity contribution in [2.24, 2.45) is 0 Å². The average Bonchev–Trinajstić information content (AvgIpc) is 3.41. The Kier molecular flexibility index (Phi) is 5.97. The lowest BCUT2D eigenvalue weighted by molar-refractivity contribution is 0.102. The number of sulfonamides is 1. The minimum atomic E-state index is -4.39. The molecule has 0 spiro atoms. The van der Waals surface area contributed by atoms with Gasteiger partial charge in [0.25, 0.3) is 5.91 Å². The molecular formula is C19H14F4N4O3S2. The molecule has 168 valence electrons.